The molecule has 0 fully saturated rings. The number of rotatable bonds is 2. The molecule has 0 unspecified atom stereocenters. The topological polar surface area (TPSA) is 80.2 Å². The third kappa shape index (κ3) is 2.61. The van der Waals surface area contributed by atoms with E-state index in [9.17, 15) is 9.59 Å². The van der Waals surface area contributed by atoms with Gasteiger partial charge in [0.2, 0.25) is 0 Å². The van der Waals surface area contributed by atoms with Crippen molar-refractivity contribution in [3.8, 4) is 6.07 Å². The second-order valence-electron chi connectivity index (χ2n) is 5.86. The number of pyridine rings is 2. The molecule has 0 spiro atoms. The number of nitrogens with zero attached hydrogens (tertiary/aromatic N) is 4. The van der Waals surface area contributed by atoms with E-state index in [2.05, 4.69) is 4.98 Å². The maximum atomic E-state index is 12.5. The zero-order chi connectivity index (χ0) is 17.4. The fourth-order valence-electron chi connectivity index (χ4n) is 2.76. The van der Waals surface area contributed by atoms with Crippen molar-refractivity contribution in [3.05, 3.63) is 79.2 Å². The summed E-state index contributed by atoms with van der Waals surface area (Å²) in [5.41, 5.74) is 2.96. The molecule has 0 amide bonds. The molecule has 0 saturated heterocycles. The van der Waals surface area contributed by atoms with Gasteiger partial charge in [0.1, 0.15) is 17.3 Å². The van der Waals surface area contributed by atoms with Crippen molar-refractivity contribution < 1.29 is 0 Å². The van der Waals surface area contributed by atoms with Crippen LogP contribution in [0, 0.1) is 32.1 Å². The van der Waals surface area contributed by atoms with E-state index in [1.165, 1.54) is 15.0 Å². The number of hydrogen-bond donors (Lipinski definition) is 0. The molecule has 120 valence electrons. The Morgan fingerprint density at radius 3 is 2.62 bits per heavy atom. The van der Waals surface area contributed by atoms with Gasteiger partial charge in [0, 0.05) is 18.0 Å². The minimum Gasteiger partial charge on any atom is -0.306 e. The molecule has 0 saturated carbocycles. The molecule has 6 heteroatoms. The molecular formula is C18H16N4O2. The highest BCUT2D eigenvalue weighted by Gasteiger charge is 2.12. The molecule has 3 aromatic heterocycles. The fraction of sp³-hybridized carbons (Fsp3) is 0.222. The van der Waals surface area contributed by atoms with Crippen molar-refractivity contribution in [3.63, 3.8) is 0 Å². The first-order valence-electron chi connectivity index (χ1n) is 7.51. The summed E-state index contributed by atoms with van der Waals surface area (Å²) in [6, 6.07) is 8.81. The zero-order valence-electron chi connectivity index (χ0n) is 13.7. The molecule has 0 aromatic carbocycles. The standard InChI is InChI=1S/C18H16N4O2/c1-11-4-5-21-16(6-11)20-14(8-17(21)23)10-22-13(3)7-12(2)15(9-19)18(22)24/h4-8H,10H2,1-3H3. The highest BCUT2D eigenvalue weighted by atomic mass is 16.1. The van der Waals surface area contributed by atoms with Gasteiger partial charge in [0.05, 0.1) is 12.2 Å². The fourth-order valence-corrected chi connectivity index (χ4v) is 2.76. The molecule has 0 aliphatic rings. The van der Waals surface area contributed by atoms with Gasteiger partial charge in [0.25, 0.3) is 11.1 Å². The van der Waals surface area contributed by atoms with Crippen LogP contribution in [0.25, 0.3) is 5.65 Å². The maximum Gasteiger partial charge on any atom is 0.269 e. The Morgan fingerprint density at radius 2 is 1.92 bits per heavy atom. The SMILES string of the molecule is Cc1ccn2c(=O)cc(Cn3c(C)cc(C)c(C#N)c3=O)nc2c1. The first-order chi connectivity index (χ1) is 11.4. The number of aromatic nitrogens is 3. The monoisotopic (exact) mass is 320 g/mol. The number of hydrogen-bond acceptors (Lipinski definition) is 4. The summed E-state index contributed by atoms with van der Waals surface area (Å²) in [5.74, 6) is 0. The van der Waals surface area contributed by atoms with Crippen LogP contribution in [0.2, 0.25) is 0 Å². The minimum atomic E-state index is -0.360. The predicted octanol–water partition coefficient (Wildman–Crippen LogP) is 1.70. The van der Waals surface area contributed by atoms with Crippen LogP contribution in [0.5, 0.6) is 0 Å². The second-order valence-corrected chi connectivity index (χ2v) is 5.86. The van der Waals surface area contributed by atoms with Gasteiger partial charge in [-0.1, -0.05) is 0 Å². The molecule has 0 aliphatic heterocycles. The molecule has 0 radical (unpaired) electrons. The maximum absolute atomic E-state index is 12.5. The van der Waals surface area contributed by atoms with Gasteiger partial charge in [-0.05, 0) is 50.1 Å². The van der Waals surface area contributed by atoms with E-state index in [1.54, 1.807) is 26.1 Å². The molecule has 3 heterocycles. The summed E-state index contributed by atoms with van der Waals surface area (Å²) in [4.78, 5) is 29.2. The lowest BCUT2D eigenvalue weighted by molar-refractivity contribution is 0.706. The average molecular weight is 320 g/mol. The van der Waals surface area contributed by atoms with E-state index in [-0.39, 0.29) is 23.2 Å². The van der Waals surface area contributed by atoms with E-state index in [0.717, 1.165) is 11.3 Å². The summed E-state index contributed by atoms with van der Waals surface area (Å²) in [6.07, 6.45) is 1.68. The molecule has 0 atom stereocenters. The Balaban J connectivity index is 2.16. The summed E-state index contributed by atoms with van der Waals surface area (Å²) < 4.78 is 2.93. The Bertz CT molecular complexity index is 1120. The van der Waals surface area contributed by atoms with Crippen LogP contribution in [-0.4, -0.2) is 14.0 Å². The van der Waals surface area contributed by atoms with Crippen molar-refractivity contribution in [2.75, 3.05) is 0 Å². The van der Waals surface area contributed by atoms with Crippen LogP contribution in [-0.2, 0) is 6.54 Å². The second kappa shape index (κ2) is 5.78. The van der Waals surface area contributed by atoms with E-state index in [4.69, 9.17) is 5.26 Å². The van der Waals surface area contributed by atoms with Gasteiger partial charge < -0.3 is 4.57 Å². The average Bonchev–Trinajstić information content (AvgIpc) is 2.51. The Hall–Kier alpha value is -3.20. The largest absolute Gasteiger partial charge is 0.306 e. The Morgan fingerprint density at radius 1 is 1.17 bits per heavy atom. The Labute approximate surface area is 138 Å². The predicted molar refractivity (Wildman–Crippen MR) is 90.2 cm³/mol. The van der Waals surface area contributed by atoms with Crippen molar-refractivity contribution >= 4 is 5.65 Å². The molecule has 3 aromatic rings. The molecule has 0 bridgehead atoms. The van der Waals surface area contributed by atoms with E-state index in [0.29, 0.717) is 16.9 Å². The molecule has 6 nitrogen and oxygen atoms in total. The summed E-state index contributed by atoms with van der Waals surface area (Å²) in [6.45, 7) is 5.61. The molecule has 24 heavy (non-hydrogen) atoms. The van der Waals surface area contributed by atoms with Gasteiger partial charge in [0.15, 0.2) is 0 Å². The lowest BCUT2D eigenvalue weighted by Gasteiger charge is -2.12. The van der Waals surface area contributed by atoms with Gasteiger partial charge >= 0.3 is 0 Å². The van der Waals surface area contributed by atoms with Crippen LogP contribution in [0.1, 0.15) is 28.1 Å². The summed E-state index contributed by atoms with van der Waals surface area (Å²) in [5, 5.41) is 9.16. The third-order valence-corrected chi connectivity index (χ3v) is 4.01. The van der Waals surface area contributed by atoms with Crippen LogP contribution < -0.4 is 11.1 Å². The van der Waals surface area contributed by atoms with Crippen LogP contribution in [0.3, 0.4) is 0 Å². The van der Waals surface area contributed by atoms with E-state index >= 15 is 0 Å². The first kappa shape index (κ1) is 15.7. The Kier molecular flexibility index (Phi) is 3.78. The smallest absolute Gasteiger partial charge is 0.269 e. The van der Waals surface area contributed by atoms with Crippen LogP contribution in [0.4, 0.5) is 0 Å². The van der Waals surface area contributed by atoms with Crippen molar-refractivity contribution in [2.45, 2.75) is 27.3 Å². The van der Waals surface area contributed by atoms with Gasteiger partial charge in [-0.3, -0.25) is 14.0 Å². The van der Waals surface area contributed by atoms with E-state index < -0.39 is 0 Å². The summed E-state index contributed by atoms with van der Waals surface area (Å²) in [7, 11) is 0. The normalized spacial score (nSPS) is 10.8. The van der Waals surface area contributed by atoms with Crippen molar-refractivity contribution in [2.24, 2.45) is 0 Å². The number of aryl methyl sites for hydroxylation is 3. The van der Waals surface area contributed by atoms with Crippen molar-refractivity contribution in [1.82, 2.24) is 14.0 Å². The lowest BCUT2D eigenvalue weighted by Crippen LogP contribution is -2.27. The van der Waals surface area contributed by atoms with Crippen LogP contribution >= 0.6 is 0 Å². The third-order valence-electron chi connectivity index (χ3n) is 4.01. The minimum absolute atomic E-state index is 0.119. The molecule has 0 aliphatic carbocycles. The molecular weight excluding hydrogens is 304 g/mol. The van der Waals surface area contributed by atoms with Gasteiger partial charge in [-0.2, -0.15) is 5.26 Å². The van der Waals surface area contributed by atoms with Gasteiger partial charge in [-0.25, -0.2) is 4.98 Å². The number of fused-ring (bicyclic) bond motifs is 1. The number of nitriles is 1. The quantitative estimate of drug-likeness (QED) is 0.720. The van der Waals surface area contributed by atoms with Crippen LogP contribution in [0.15, 0.2) is 40.1 Å². The highest BCUT2D eigenvalue weighted by Crippen LogP contribution is 2.08. The highest BCUT2D eigenvalue weighted by molar-refractivity contribution is 5.41. The molecule has 0 N–H and O–H groups in total. The first-order valence-corrected chi connectivity index (χ1v) is 7.51. The van der Waals surface area contributed by atoms with Crippen molar-refractivity contribution in [1.29, 1.82) is 5.26 Å². The summed E-state index contributed by atoms with van der Waals surface area (Å²) >= 11 is 0. The van der Waals surface area contributed by atoms with Gasteiger partial charge in [-0.15, -0.1) is 0 Å². The molecule has 3 rings (SSSR count). The zero-order valence-corrected chi connectivity index (χ0v) is 13.7. The lowest BCUT2D eigenvalue weighted by atomic mass is 10.1. The van der Waals surface area contributed by atoms with E-state index in [1.807, 2.05) is 25.1 Å².